The van der Waals surface area contributed by atoms with Crippen molar-refractivity contribution in [2.75, 3.05) is 5.32 Å². The van der Waals surface area contributed by atoms with Crippen LogP contribution in [0, 0.1) is 0 Å². The fourth-order valence-corrected chi connectivity index (χ4v) is 2.19. The maximum Gasteiger partial charge on any atom is 0.420 e. The van der Waals surface area contributed by atoms with Crippen LogP contribution in [0.4, 0.5) is 36.8 Å². The number of carbonyl (C=O) groups is 1. The number of hydrogen-bond donors (Lipinski definition) is 3. The Bertz CT molecular complexity index is 715. The zero-order valence-electron chi connectivity index (χ0n) is 11.8. The summed E-state index contributed by atoms with van der Waals surface area (Å²) in [5.41, 5.74) is -5.12. The lowest BCUT2D eigenvalue weighted by molar-refractivity contribution is -0.297. The first-order chi connectivity index (χ1) is 10.6. The normalized spacial score (nSPS) is 13.5. The molecule has 1 aromatic rings. The molecule has 1 aromatic carbocycles. The van der Waals surface area contributed by atoms with Gasteiger partial charge in [-0.3, -0.25) is 0 Å². The molecule has 0 bridgehead atoms. The van der Waals surface area contributed by atoms with E-state index in [0.29, 0.717) is 0 Å². The standard InChI is InChI=1S/C11H11F6N3O3S/c1-9(10(12,13)14,11(15,16)17)20-8(21)19-6-4-2-3-5-7(6)24(18,22)23/h2-5H,1H3,(H2,18,22,23)(H2,19,20,21). The second-order valence-corrected chi connectivity index (χ2v) is 6.27. The highest BCUT2D eigenvalue weighted by molar-refractivity contribution is 7.89. The topological polar surface area (TPSA) is 101 Å². The summed E-state index contributed by atoms with van der Waals surface area (Å²) < 4.78 is 98.7. The van der Waals surface area contributed by atoms with Gasteiger partial charge in [-0.15, -0.1) is 0 Å². The molecule has 0 saturated carbocycles. The first-order valence-electron chi connectivity index (χ1n) is 5.94. The van der Waals surface area contributed by atoms with Crippen LogP contribution in [-0.2, 0) is 10.0 Å². The summed E-state index contributed by atoms with van der Waals surface area (Å²) in [6.07, 6.45) is -11.7. The molecule has 13 heteroatoms. The molecule has 6 nitrogen and oxygen atoms in total. The van der Waals surface area contributed by atoms with Crippen molar-refractivity contribution in [3.8, 4) is 0 Å². The van der Waals surface area contributed by atoms with Crippen LogP contribution in [0.25, 0.3) is 0 Å². The Morgan fingerprint density at radius 1 is 1.04 bits per heavy atom. The highest BCUT2D eigenvalue weighted by Crippen LogP contribution is 2.42. The molecule has 0 aromatic heterocycles. The summed E-state index contributed by atoms with van der Waals surface area (Å²) in [4.78, 5) is 10.9. The molecule has 0 spiro atoms. The smallest absolute Gasteiger partial charge is 0.316 e. The molecule has 0 aliphatic rings. The highest BCUT2D eigenvalue weighted by atomic mass is 32.2. The van der Waals surface area contributed by atoms with Gasteiger partial charge in [0.25, 0.3) is 0 Å². The molecule has 0 saturated heterocycles. The van der Waals surface area contributed by atoms with Crippen LogP contribution in [0.15, 0.2) is 29.2 Å². The lowest BCUT2D eigenvalue weighted by Gasteiger charge is -2.34. The molecule has 136 valence electrons. The number of alkyl halides is 6. The van der Waals surface area contributed by atoms with Crippen LogP contribution in [0.2, 0.25) is 0 Å². The highest BCUT2D eigenvalue weighted by Gasteiger charge is 2.68. The van der Waals surface area contributed by atoms with Crippen LogP contribution < -0.4 is 15.8 Å². The van der Waals surface area contributed by atoms with E-state index in [9.17, 15) is 39.6 Å². The summed E-state index contributed by atoms with van der Waals surface area (Å²) in [7, 11) is -4.37. The van der Waals surface area contributed by atoms with Crippen LogP contribution in [-0.4, -0.2) is 32.3 Å². The van der Waals surface area contributed by atoms with Crippen molar-refractivity contribution in [2.45, 2.75) is 29.7 Å². The quantitative estimate of drug-likeness (QED) is 0.703. The number of hydrogen-bond acceptors (Lipinski definition) is 3. The van der Waals surface area contributed by atoms with E-state index in [-0.39, 0.29) is 6.92 Å². The van der Waals surface area contributed by atoms with Crippen LogP contribution in [0.3, 0.4) is 0 Å². The van der Waals surface area contributed by atoms with Crippen molar-refractivity contribution in [2.24, 2.45) is 5.14 Å². The lowest BCUT2D eigenvalue weighted by atomic mass is 10.0. The number of urea groups is 1. The molecule has 0 aliphatic carbocycles. The van der Waals surface area contributed by atoms with Crippen molar-refractivity contribution in [3.05, 3.63) is 24.3 Å². The Balaban J connectivity index is 3.14. The molecule has 4 N–H and O–H groups in total. The van der Waals surface area contributed by atoms with E-state index in [1.165, 1.54) is 12.1 Å². The molecule has 24 heavy (non-hydrogen) atoms. The minimum absolute atomic E-state index is 0.266. The monoisotopic (exact) mass is 379 g/mol. The van der Waals surface area contributed by atoms with Crippen molar-refractivity contribution in [1.82, 2.24) is 5.32 Å². The van der Waals surface area contributed by atoms with E-state index in [1.807, 2.05) is 0 Å². The number of benzene rings is 1. The molecule has 2 amide bonds. The number of amides is 2. The average molecular weight is 379 g/mol. The van der Waals surface area contributed by atoms with Gasteiger partial charge in [-0.2, -0.15) is 26.3 Å². The van der Waals surface area contributed by atoms with Crippen molar-refractivity contribution < 1.29 is 39.6 Å². The van der Waals surface area contributed by atoms with E-state index in [2.05, 4.69) is 0 Å². The molecule has 0 radical (unpaired) electrons. The Labute approximate surface area is 132 Å². The largest absolute Gasteiger partial charge is 0.420 e. The number of rotatable bonds is 3. The number of anilines is 1. The zero-order chi connectivity index (χ0) is 19.0. The maximum absolute atomic E-state index is 12.7. The lowest BCUT2D eigenvalue weighted by Crippen LogP contribution is -2.66. The van der Waals surface area contributed by atoms with Crippen molar-refractivity contribution in [3.63, 3.8) is 0 Å². The average Bonchev–Trinajstić information content (AvgIpc) is 2.35. The summed E-state index contributed by atoms with van der Waals surface area (Å²) in [6.45, 7) is -0.266. The molecule has 0 atom stereocenters. The fraction of sp³-hybridized carbons (Fsp3) is 0.364. The fourth-order valence-electron chi connectivity index (χ4n) is 1.50. The number of carbonyl (C=O) groups excluding carboxylic acids is 1. The Morgan fingerprint density at radius 2 is 1.50 bits per heavy atom. The Hall–Kier alpha value is -2.02. The van der Waals surface area contributed by atoms with E-state index >= 15 is 0 Å². The van der Waals surface area contributed by atoms with Gasteiger partial charge in [-0.25, -0.2) is 18.4 Å². The van der Waals surface area contributed by atoms with Gasteiger partial charge in [0.05, 0.1) is 5.69 Å². The third-order valence-electron chi connectivity index (χ3n) is 2.94. The molecule has 1 rings (SSSR count). The number of para-hydroxylation sites is 1. The van der Waals surface area contributed by atoms with Crippen LogP contribution >= 0.6 is 0 Å². The SMILES string of the molecule is CC(NC(=O)Nc1ccccc1S(N)(=O)=O)(C(F)(F)F)C(F)(F)F. The number of primary sulfonamides is 1. The first-order valence-corrected chi connectivity index (χ1v) is 7.48. The van der Waals surface area contributed by atoms with Gasteiger partial charge < -0.3 is 10.6 Å². The molecule has 0 fully saturated rings. The van der Waals surface area contributed by atoms with E-state index in [0.717, 1.165) is 17.4 Å². The van der Waals surface area contributed by atoms with Gasteiger partial charge in [0.1, 0.15) is 4.90 Å². The third kappa shape index (κ3) is 4.08. The summed E-state index contributed by atoms with van der Waals surface area (Å²) in [5.74, 6) is 0. The van der Waals surface area contributed by atoms with Gasteiger partial charge in [0.15, 0.2) is 0 Å². The molecular weight excluding hydrogens is 368 g/mol. The second kappa shape index (κ2) is 6.12. The van der Waals surface area contributed by atoms with Crippen molar-refractivity contribution in [1.29, 1.82) is 0 Å². The number of nitrogens with one attached hydrogen (secondary N) is 2. The number of nitrogens with two attached hydrogens (primary N) is 1. The minimum atomic E-state index is -5.85. The van der Waals surface area contributed by atoms with Crippen LogP contribution in [0.1, 0.15) is 6.92 Å². The number of sulfonamides is 1. The van der Waals surface area contributed by atoms with Gasteiger partial charge in [-0.1, -0.05) is 12.1 Å². The number of halogens is 6. The maximum atomic E-state index is 12.7. The minimum Gasteiger partial charge on any atom is -0.316 e. The second-order valence-electron chi connectivity index (χ2n) is 4.74. The Morgan fingerprint density at radius 3 is 1.92 bits per heavy atom. The first kappa shape index (κ1) is 20.0. The summed E-state index contributed by atoms with van der Waals surface area (Å²) in [6, 6.07) is 2.33. The molecule has 0 aliphatic heterocycles. The molecule has 0 unspecified atom stereocenters. The Kier molecular flexibility index (Phi) is 5.11. The predicted octanol–water partition coefficient (Wildman–Crippen LogP) is 2.34. The predicted molar refractivity (Wildman–Crippen MR) is 70.5 cm³/mol. The molecule has 0 heterocycles. The van der Waals surface area contributed by atoms with Gasteiger partial charge >= 0.3 is 18.4 Å². The van der Waals surface area contributed by atoms with Crippen molar-refractivity contribution >= 4 is 21.7 Å². The van der Waals surface area contributed by atoms with E-state index in [4.69, 9.17) is 5.14 Å². The summed E-state index contributed by atoms with van der Waals surface area (Å²) >= 11 is 0. The van der Waals surface area contributed by atoms with E-state index in [1.54, 1.807) is 5.32 Å². The third-order valence-corrected chi connectivity index (χ3v) is 3.91. The van der Waals surface area contributed by atoms with Gasteiger partial charge in [-0.05, 0) is 19.1 Å². The summed E-state index contributed by atoms with van der Waals surface area (Å²) in [5, 5.41) is 7.21. The van der Waals surface area contributed by atoms with E-state index < -0.39 is 44.5 Å². The van der Waals surface area contributed by atoms with Gasteiger partial charge in [0.2, 0.25) is 15.6 Å². The van der Waals surface area contributed by atoms with Crippen LogP contribution in [0.5, 0.6) is 0 Å². The van der Waals surface area contributed by atoms with Gasteiger partial charge in [0, 0.05) is 0 Å². The molecular formula is C11H11F6N3O3S. The zero-order valence-corrected chi connectivity index (χ0v) is 12.6.